The highest BCUT2D eigenvalue weighted by atomic mass is 32.2. The first-order valence-corrected chi connectivity index (χ1v) is 14.6. The molecule has 6 rings (SSSR count). The second-order valence-corrected chi connectivity index (χ2v) is 12.1. The first-order chi connectivity index (χ1) is 19.0. The molecule has 1 unspecified atom stereocenters. The fraction of sp³-hybridized carbons (Fsp3) is 0.536. The average molecular weight is 552 g/mol. The predicted octanol–water partition coefficient (Wildman–Crippen LogP) is 2.14. The Labute approximate surface area is 231 Å². The van der Waals surface area contributed by atoms with Gasteiger partial charge in [-0.05, 0) is 31.4 Å². The normalized spacial score (nSPS) is 30.1. The van der Waals surface area contributed by atoms with Crippen molar-refractivity contribution in [3.05, 3.63) is 48.6 Å². The van der Waals surface area contributed by atoms with Crippen LogP contribution in [0.15, 0.2) is 48.6 Å². The van der Waals surface area contributed by atoms with Crippen molar-refractivity contribution in [2.45, 2.75) is 54.8 Å². The van der Waals surface area contributed by atoms with Gasteiger partial charge in [0.15, 0.2) is 0 Å². The molecule has 1 N–H and O–H groups in total. The molecule has 39 heavy (non-hydrogen) atoms. The lowest BCUT2D eigenvalue weighted by atomic mass is 9.78. The molecule has 11 heteroatoms. The topological polar surface area (TPSA) is 118 Å². The minimum atomic E-state index is -0.860. The maximum atomic E-state index is 14.4. The van der Waals surface area contributed by atoms with Gasteiger partial charge in [0.05, 0.1) is 28.7 Å². The van der Waals surface area contributed by atoms with Crippen LogP contribution >= 0.6 is 11.8 Å². The number of amides is 2. The summed E-state index contributed by atoms with van der Waals surface area (Å²) in [5.41, 5.74) is 1.58. The molecule has 5 heterocycles. The number of hydrogen-bond donors (Lipinski definition) is 1. The Morgan fingerprint density at radius 1 is 1.08 bits per heavy atom. The van der Waals surface area contributed by atoms with Crippen LogP contribution in [-0.4, -0.2) is 90.0 Å². The van der Waals surface area contributed by atoms with Crippen LogP contribution in [0.3, 0.4) is 0 Å². The minimum Gasteiger partial charge on any atom is -0.465 e. The fourth-order valence-corrected chi connectivity index (χ4v) is 8.45. The summed E-state index contributed by atoms with van der Waals surface area (Å²) < 4.78 is 6.40. The summed E-state index contributed by atoms with van der Waals surface area (Å²) >= 11 is 1.56. The predicted molar refractivity (Wildman–Crippen MR) is 145 cm³/mol. The van der Waals surface area contributed by atoms with Crippen LogP contribution in [0.5, 0.6) is 0 Å². The quantitative estimate of drug-likeness (QED) is 0.301. The Bertz CT molecular complexity index is 1330. The molecular formula is C28H33N5O5S. The first kappa shape index (κ1) is 26.1. The number of carbonyl (C=O) groups is 3. The van der Waals surface area contributed by atoms with Crippen molar-refractivity contribution in [1.29, 1.82) is 0 Å². The van der Waals surface area contributed by atoms with Crippen molar-refractivity contribution >= 4 is 40.6 Å². The summed E-state index contributed by atoms with van der Waals surface area (Å²) in [6.07, 6.45) is 11.8. The van der Waals surface area contributed by atoms with Crippen molar-refractivity contribution in [1.82, 2.24) is 24.8 Å². The van der Waals surface area contributed by atoms with Gasteiger partial charge in [-0.1, -0.05) is 54.5 Å². The number of rotatable bonds is 8. The number of nitrogens with zero attached hydrogens (tertiary/aromatic N) is 5. The van der Waals surface area contributed by atoms with Gasteiger partial charge in [0.25, 0.3) is 0 Å². The van der Waals surface area contributed by atoms with E-state index in [2.05, 4.69) is 10.3 Å². The molecular weight excluding hydrogens is 518 g/mol. The number of aliphatic hydroxyl groups excluding tert-OH is 1. The van der Waals surface area contributed by atoms with Gasteiger partial charge >= 0.3 is 5.97 Å². The third-order valence-corrected chi connectivity index (χ3v) is 9.98. The number of benzene rings is 1. The van der Waals surface area contributed by atoms with Crippen LogP contribution in [0.2, 0.25) is 0 Å². The zero-order valence-corrected chi connectivity index (χ0v) is 22.5. The smallest absolute Gasteiger partial charge is 0.311 e. The number of ether oxygens (including phenoxy) is 1. The number of aliphatic hydroxyl groups is 1. The summed E-state index contributed by atoms with van der Waals surface area (Å²) in [5, 5.41) is 17.4. The molecule has 2 amide bonds. The van der Waals surface area contributed by atoms with Crippen LogP contribution in [0.1, 0.15) is 32.1 Å². The SMILES string of the molecule is O=C1OCCC=C[C@H]2S[C@]34C=CCN(Cn5nnc6ccccc65)C(=O)C3N(CCCCCCO)C(=O)[C@@H]4[C@@H]12. The molecule has 0 bridgehead atoms. The number of unbranched alkanes of at least 4 members (excludes halogenated alkanes) is 3. The van der Waals surface area contributed by atoms with Gasteiger partial charge in [-0.2, -0.15) is 0 Å². The number of aromatic nitrogens is 3. The van der Waals surface area contributed by atoms with E-state index in [4.69, 9.17) is 9.84 Å². The van der Waals surface area contributed by atoms with E-state index in [1.54, 1.807) is 26.2 Å². The maximum Gasteiger partial charge on any atom is 0.311 e. The van der Waals surface area contributed by atoms with Crippen LogP contribution in [0.4, 0.5) is 0 Å². The number of likely N-dealkylation sites (tertiary alicyclic amines) is 1. The van der Waals surface area contributed by atoms with Gasteiger partial charge in [-0.15, -0.1) is 16.9 Å². The summed E-state index contributed by atoms with van der Waals surface area (Å²) in [5.74, 6) is -1.96. The molecule has 10 nitrogen and oxygen atoms in total. The number of hydrogen-bond acceptors (Lipinski definition) is 8. The van der Waals surface area contributed by atoms with Gasteiger partial charge in [0.2, 0.25) is 11.8 Å². The molecule has 2 aromatic rings. The molecule has 1 aromatic heterocycles. The van der Waals surface area contributed by atoms with Crippen LogP contribution in [-0.2, 0) is 25.8 Å². The van der Waals surface area contributed by atoms with Crippen LogP contribution < -0.4 is 0 Å². The lowest BCUT2D eigenvalue weighted by Crippen LogP contribution is -2.53. The van der Waals surface area contributed by atoms with Crippen molar-refractivity contribution in [3.8, 4) is 0 Å². The lowest BCUT2D eigenvalue weighted by molar-refractivity contribution is -0.153. The Hall–Kier alpha value is -3.18. The van der Waals surface area contributed by atoms with Crippen molar-refractivity contribution < 1.29 is 24.2 Å². The Balaban J connectivity index is 1.35. The van der Waals surface area contributed by atoms with E-state index in [1.807, 2.05) is 48.6 Å². The standard InChI is InChI=1S/C28H33N5O5S/c34-16-7-2-1-6-15-32-24-26(36)31(18-33-20-11-4-3-10-19(20)29-30-33)14-9-13-28(24)23(25(32)35)22-21(39-28)12-5-8-17-38-27(22)37/h3-5,9-13,21-24,34H,1-2,6-8,14-18H2/t21-,22+,23+,24?,28+/m1/s1. The Kier molecular flexibility index (Phi) is 7.20. The monoisotopic (exact) mass is 551 g/mol. The van der Waals surface area contributed by atoms with Gasteiger partial charge in [-0.25, -0.2) is 4.68 Å². The van der Waals surface area contributed by atoms with E-state index in [0.717, 1.165) is 30.3 Å². The van der Waals surface area contributed by atoms with E-state index in [-0.39, 0.29) is 36.3 Å². The van der Waals surface area contributed by atoms with Crippen molar-refractivity contribution in [2.24, 2.45) is 11.8 Å². The van der Waals surface area contributed by atoms with Crippen molar-refractivity contribution in [2.75, 3.05) is 26.3 Å². The highest BCUT2D eigenvalue weighted by Crippen LogP contribution is 2.60. The summed E-state index contributed by atoms with van der Waals surface area (Å²) in [6.45, 7) is 1.44. The van der Waals surface area contributed by atoms with E-state index in [9.17, 15) is 14.4 Å². The third kappa shape index (κ3) is 4.45. The summed E-state index contributed by atoms with van der Waals surface area (Å²) in [7, 11) is 0. The second-order valence-electron chi connectivity index (χ2n) is 10.6. The highest BCUT2D eigenvalue weighted by Gasteiger charge is 2.70. The summed E-state index contributed by atoms with van der Waals surface area (Å²) in [4.78, 5) is 45.2. The van der Waals surface area contributed by atoms with E-state index < -0.39 is 22.6 Å². The Morgan fingerprint density at radius 2 is 1.92 bits per heavy atom. The molecule has 206 valence electrons. The molecule has 4 aliphatic heterocycles. The number of thioether (sulfide) groups is 1. The summed E-state index contributed by atoms with van der Waals surface area (Å²) in [6, 6.07) is 6.87. The van der Waals surface area contributed by atoms with Gasteiger partial charge in [-0.3, -0.25) is 14.4 Å². The number of fused-ring (bicyclic) bond motifs is 3. The molecule has 0 aliphatic carbocycles. The largest absolute Gasteiger partial charge is 0.465 e. The lowest BCUT2D eigenvalue weighted by Gasteiger charge is -2.35. The Morgan fingerprint density at radius 3 is 2.79 bits per heavy atom. The highest BCUT2D eigenvalue weighted by molar-refractivity contribution is 8.02. The van der Waals surface area contributed by atoms with Crippen molar-refractivity contribution in [3.63, 3.8) is 0 Å². The van der Waals surface area contributed by atoms with Gasteiger partial charge in [0, 0.05) is 24.9 Å². The molecule has 1 aromatic carbocycles. The molecule has 4 aliphatic rings. The number of para-hydroxylation sites is 1. The van der Waals surface area contributed by atoms with Gasteiger partial charge < -0.3 is 19.6 Å². The zero-order valence-electron chi connectivity index (χ0n) is 21.7. The molecule has 0 saturated carbocycles. The van der Waals surface area contributed by atoms with Crippen LogP contribution in [0, 0.1) is 11.8 Å². The number of carbonyl (C=O) groups excluding carboxylic acids is 3. The van der Waals surface area contributed by atoms with Crippen LogP contribution in [0.25, 0.3) is 11.0 Å². The fourth-order valence-electron chi connectivity index (χ4n) is 6.45. The first-order valence-electron chi connectivity index (χ1n) is 13.7. The molecule has 2 saturated heterocycles. The molecule has 1 spiro atoms. The second kappa shape index (κ2) is 10.8. The average Bonchev–Trinajstić information content (AvgIpc) is 3.51. The van der Waals surface area contributed by atoms with E-state index >= 15 is 0 Å². The third-order valence-electron chi connectivity index (χ3n) is 8.24. The number of cyclic esters (lactones) is 1. The zero-order chi connectivity index (χ0) is 27.0. The number of esters is 1. The minimum absolute atomic E-state index is 0.140. The van der Waals surface area contributed by atoms with E-state index in [1.165, 1.54) is 0 Å². The molecule has 5 atom stereocenters. The van der Waals surface area contributed by atoms with E-state index in [0.29, 0.717) is 32.5 Å². The van der Waals surface area contributed by atoms with Gasteiger partial charge in [0.1, 0.15) is 18.2 Å². The maximum absolute atomic E-state index is 14.4. The molecule has 0 radical (unpaired) electrons. The molecule has 2 fully saturated rings.